The van der Waals surface area contributed by atoms with Crippen LogP contribution in [0, 0.1) is 0 Å². The van der Waals surface area contributed by atoms with E-state index in [2.05, 4.69) is 0 Å². The number of sulfonamides is 1. The Morgan fingerprint density at radius 2 is 1.60 bits per heavy atom. The number of para-hydroxylation sites is 1. The van der Waals surface area contributed by atoms with Crippen molar-refractivity contribution in [3.8, 4) is 0 Å². The second-order valence-corrected chi connectivity index (χ2v) is 9.34. The molecular weight excluding hydrogens is 396 g/mol. The van der Waals surface area contributed by atoms with Gasteiger partial charge in [-0.2, -0.15) is 0 Å². The molecule has 6 heteroatoms. The van der Waals surface area contributed by atoms with Gasteiger partial charge in [0.2, 0.25) is 0 Å². The Labute approximate surface area is 177 Å². The van der Waals surface area contributed by atoms with Crippen molar-refractivity contribution in [3.05, 3.63) is 95.6 Å². The van der Waals surface area contributed by atoms with Gasteiger partial charge in [0, 0.05) is 25.7 Å². The van der Waals surface area contributed by atoms with Crippen molar-refractivity contribution >= 4 is 21.6 Å². The number of benzene rings is 3. The van der Waals surface area contributed by atoms with E-state index in [1.807, 2.05) is 54.6 Å². The number of carbonyl (C=O) groups excluding carboxylic acids is 1. The summed E-state index contributed by atoms with van der Waals surface area (Å²) in [6.45, 7) is 0.949. The number of hydrogen-bond donors (Lipinski definition) is 0. The lowest BCUT2D eigenvalue weighted by Gasteiger charge is -2.30. The zero-order valence-electron chi connectivity index (χ0n) is 16.9. The first kappa shape index (κ1) is 20.2. The second kappa shape index (κ2) is 8.32. The van der Waals surface area contributed by atoms with Crippen molar-refractivity contribution in [2.45, 2.75) is 24.3 Å². The molecule has 1 aliphatic heterocycles. The molecule has 0 atom stereocenters. The first-order chi connectivity index (χ1) is 14.5. The van der Waals surface area contributed by atoms with Gasteiger partial charge >= 0.3 is 0 Å². The minimum atomic E-state index is -3.68. The summed E-state index contributed by atoms with van der Waals surface area (Å²) in [5.74, 6) is -0.147. The average molecular weight is 421 g/mol. The van der Waals surface area contributed by atoms with Gasteiger partial charge in [-0.3, -0.25) is 9.10 Å². The summed E-state index contributed by atoms with van der Waals surface area (Å²) in [6.07, 6.45) is 1.67. The van der Waals surface area contributed by atoms with Gasteiger partial charge in [-0.25, -0.2) is 8.42 Å². The molecule has 0 bridgehead atoms. The summed E-state index contributed by atoms with van der Waals surface area (Å²) in [5, 5.41) is 0. The molecule has 0 unspecified atom stereocenters. The lowest BCUT2D eigenvalue weighted by molar-refractivity contribution is 0.0785. The Morgan fingerprint density at radius 1 is 0.933 bits per heavy atom. The molecule has 0 N–H and O–H groups in total. The van der Waals surface area contributed by atoms with Crippen molar-refractivity contribution in [3.63, 3.8) is 0 Å². The molecule has 1 heterocycles. The molecule has 0 saturated heterocycles. The van der Waals surface area contributed by atoms with Gasteiger partial charge in [0.05, 0.1) is 10.6 Å². The van der Waals surface area contributed by atoms with E-state index in [1.165, 1.54) is 16.4 Å². The van der Waals surface area contributed by atoms with Crippen molar-refractivity contribution in [2.24, 2.45) is 0 Å². The fourth-order valence-electron chi connectivity index (χ4n) is 3.79. The lowest BCUT2D eigenvalue weighted by Crippen LogP contribution is -2.35. The van der Waals surface area contributed by atoms with E-state index in [0.29, 0.717) is 18.7 Å². The molecule has 1 amide bonds. The van der Waals surface area contributed by atoms with Gasteiger partial charge in [-0.05, 0) is 54.3 Å². The number of aryl methyl sites for hydroxylation is 1. The van der Waals surface area contributed by atoms with Crippen molar-refractivity contribution in [1.82, 2.24) is 4.90 Å². The van der Waals surface area contributed by atoms with Crippen LogP contribution in [0.1, 0.15) is 27.9 Å². The minimum Gasteiger partial charge on any atom is -0.337 e. The van der Waals surface area contributed by atoms with E-state index < -0.39 is 10.0 Å². The maximum atomic E-state index is 13.2. The molecule has 3 aromatic carbocycles. The Hall–Kier alpha value is -3.12. The highest BCUT2D eigenvalue weighted by Crippen LogP contribution is 2.31. The smallest absolute Gasteiger partial charge is 0.264 e. The van der Waals surface area contributed by atoms with Gasteiger partial charge in [-0.15, -0.1) is 0 Å². The maximum Gasteiger partial charge on any atom is 0.264 e. The summed E-state index contributed by atoms with van der Waals surface area (Å²) in [5.41, 5.74) is 3.29. The molecule has 3 aromatic rings. The normalized spacial score (nSPS) is 13.6. The molecule has 0 radical (unpaired) electrons. The number of fused-ring (bicyclic) bond motifs is 1. The molecular formula is C24H24N2O3S. The predicted octanol–water partition coefficient (Wildman–Crippen LogP) is 4.10. The van der Waals surface area contributed by atoms with Gasteiger partial charge in [0.1, 0.15) is 0 Å². The van der Waals surface area contributed by atoms with Crippen molar-refractivity contribution in [2.75, 3.05) is 17.9 Å². The third-order valence-electron chi connectivity index (χ3n) is 5.37. The lowest BCUT2D eigenvalue weighted by atomic mass is 10.0. The fraction of sp³-hybridized carbons (Fsp3) is 0.208. The summed E-state index contributed by atoms with van der Waals surface area (Å²) in [7, 11) is -1.94. The van der Waals surface area contributed by atoms with E-state index in [-0.39, 0.29) is 10.8 Å². The van der Waals surface area contributed by atoms with Crippen molar-refractivity contribution < 1.29 is 13.2 Å². The molecule has 154 valence electrons. The topological polar surface area (TPSA) is 57.7 Å². The summed E-state index contributed by atoms with van der Waals surface area (Å²) < 4.78 is 27.9. The molecule has 0 fully saturated rings. The van der Waals surface area contributed by atoms with Crippen LogP contribution in [0.4, 0.5) is 5.69 Å². The zero-order chi connectivity index (χ0) is 21.1. The summed E-state index contributed by atoms with van der Waals surface area (Å²) >= 11 is 0. The van der Waals surface area contributed by atoms with E-state index >= 15 is 0 Å². The molecule has 1 aliphatic rings. The van der Waals surface area contributed by atoms with E-state index in [4.69, 9.17) is 0 Å². The largest absolute Gasteiger partial charge is 0.337 e. The predicted molar refractivity (Wildman–Crippen MR) is 118 cm³/mol. The van der Waals surface area contributed by atoms with Crippen LogP contribution in [0.3, 0.4) is 0 Å². The Kier molecular flexibility index (Phi) is 5.59. The Balaban J connectivity index is 1.54. The Morgan fingerprint density at radius 3 is 2.33 bits per heavy atom. The highest BCUT2D eigenvalue weighted by Gasteiger charge is 2.29. The van der Waals surface area contributed by atoms with Crippen LogP contribution in [0.25, 0.3) is 0 Å². The molecule has 0 aliphatic carbocycles. The zero-order valence-corrected chi connectivity index (χ0v) is 17.7. The van der Waals surface area contributed by atoms with Crippen LogP contribution < -0.4 is 4.31 Å². The van der Waals surface area contributed by atoms with Crippen LogP contribution in [0.2, 0.25) is 0 Å². The number of rotatable bonds is 5. The van der Waals surface area contributed by atoms with Crippen LogP contribution in [0.5, 0.6) is 0 Å². The molecule has 0 saturated carbocycles. The number of nitrogens with zero attached hydrogens (tertiary/aromatic N) is 2. The average Bonchev–Trinajstić information content (AvgIpc) is 2.79. The van der Waals surface area contributed by atoms with Gasteiger partial charge in [0.15, 0.2) is 0 Å². The van der Waals surface area contributed by atoms with Crippen LogP contribution >= 0.6 is 0 Å². The molecule has 4 rings (SSSR count). The first-order valence-corrected chi connectivity index (χ1v) is 11.4. The van der Waals surface area contributed by atoms with Crippen molar-refractivity contribution in [1.29, 1.82) is 0 Å². The van der Waals surface area contributed by atoms with E-state index in [1.54, 1.807) is 24.1 Å². The second-order valence-electron chi connectivity index (χ2n) is 7.48. The number of amides is 1. The number of anilines is 1. The monoisotopic (exact) mass is 420 g/mol. The molecule has 30 heavy (non-hydrogen) atoms. The standard InChI is InChI=1S/C24H24N2O3S/c1-25(18-19-8-3-2-4-9-19)24(27)21-13-15-22(16-14-21)30(28,29)26-17-7-11-20-10-5-6-12-23(20)26/h2-6,8-10,12-16H,7,11,17-18H2,1H3. The molecule has 0 spiro atoms. The van der Waals surface area contributed by atoms with Crippen LogP contribution in [-0.4, -0.2) is 32.8 Å². The van der Waals surface area contributed by atoms with Gasteiger partial charge < -0.3 is 4.90 Å². The summed E-state index contributed by atoms with van der Waals surface area (Å²) in [6, 6.07) is 23.6. The van der Waals surface area contributed by atoms with Gasteiger partial charge in [-0.1, -0.05) is 48.5 Å². The highest BCUT2D eigenvalue weighted by atomic mass is 32.2. The molecule has 0 aromatic heterocycles. The van der Waals surface area contributed by atoms with Gasteiger partial charge in [0.25, 0.3) is 15.9 Å². The van der Waals surface area contributed by atoms with Crippen LogP contribution in [-0.2, 0) is 23.0 Å². The molecule has 5 nitrogen and oxygen atoms in total. The fourth-order valence-corrected chi connectivity index (χ4v) is 5.34. The van der Waals surface area contributed by atoms with E-state index in [9.17, 15) is 13.2 Å². The highest BCUT2D eigenvalue weighted by molar-refractivity contribution is 7.92. The van der Waals surface area contributed by atoms with Crippen LogP contribution in [0.15, 0.2) is 83.8 Å². The quantitative estimate of drug-likeness (QED) is 0.624. The first-order valence-electron chi connectivity index (χ1n) is 9.97. The maximum absolute atomic E-state index is 13.2. The van der Waals surface area contributed by atoms with E-state index in [0.717, 1.165) is 29.7 Å². The minimum absolute atomic E-state index is 0.147. The third kappa shape index (κ3) is 3.96. The number of hydrogen-bond acceptors (Lipinski definition) is 3. The Bertz CT molecular complexity index is 1140. The number of carbonyl (C=O) groups is 1. The SMILES string of the molecule is CN(Cc1ccccc1)C(=O)c1ccc(S(=O)(=O)N2CCCc3ccccc32)cc1. The third-order valence-corrected chi connectivity index (χ3v) is 7.19. The summed E-state index contributed by atoms with van der Waals surface area (Å²) in [4.78, 5) is 14.6.